The van der Waals surface area contributed by atoms with Gasteiger partial charge in [-0.25, -0.2) is 4.98 Å². The summed E-state index contributed by atoms with van der Waals surface area (Å²) in [4.78, 5) is 4.30. The van der Waals surface area contributed by atoms with Gasteiger partial charge in [-0.2, -0.15) is 0 Å². The average molecular weight is 245 g/mol. The van der Waals surface area contributed by atoms with Gasteiger partial charge in [-0.15, -0.1) is 11.3 Å². The topological polar surface area (TPSA) is 37.0 Å². The van der Waals surface area contributed by atoms with Crippen LogP contribution in [0.1, 0.15) is 18.2 Å². The summed E-state index contributed by atoms with van der Waals surface area (Å²) in [6, 6.07) is 10.2. The lowest BCUT2D eigenvalue weighted by Gasteiger charge is -2.04. The number of nitrogens with one attached hydrogen (secondary N) is 2. The van der Waals surface area contributed by atoms with Gasteiger partial charge in [0.25, 0.3) is 0 Å². The number of aryl methyl sites for hydroxylation is 1. The SMILES string of the molecule is C/C(=C\NNc1nc(C)cs1)c1ccccc1. The maximum atomic E-state index is 4.30. The summed E-state index contributed by atoms with van der Waals surface area (Å²) in [6.45, 7) is 4.05. The van der Waals surface area contributed by atoms with Crippen LogP contribution in [-0.4, -0.2) is 4.98 Å². The molecule has 0 radical (unpaired) electrons. The van der Waals surface area contributed by atoms with Crippen molar-refractivity contribution >= 4 is 22.0 Å². The standard InChI is InChI=1S/C13H15N3S/c1-10(12-6-4-3-5-7-12)8-14-16-13-15-11(2)9-17-13/h3-9,14H,1-2H3,(H,15,16)/b10-8+. The second-order valence-corrected chi connectivity index (χ2v) is 4.61. The molecule has 3 nitrogen and oxygen atoms in total. The van der Waals surface area contributed by atoms with Crippen LogP contribution >= 0.6 is 11.3 Å². The van der Waals surface area contributed by atoms with E-state index >= 15 is 0 Å². The van der Waals surface area contributed by atoms with Crippen molar-refractivity contribution in [2.75, 3.05) is 5.43 Å². The molecule has 4 heteroatoms. The molecular formula is C13H15N3S. The number of anilines is 1. The van der Waals surface area contributed by atoms with Crippen molar-refractivity contribution < 1.29 is 0 Å². The number of hydrogen-bond donors (Lipinski definition) is 2. The summed E-state index contributed by atoms with van der Waals surface area (Å²) >= 11 is 1.58. The fourth-order valence-corrected chi connectivity index (χ4v) is 2.05. The smallest absolute Gasteiger partial charge is 0.201 e. The third kappa shape index (κ3) is 3.32. The molecule has 0 saturated carbocycles. The lowest BCUT2D eigenvalue weighted by molar-refractivity contribution is 1.04. The van der Waals surface area contributed by atoms with Gasteiger partial charge in [0.2, 0.25) is 5.13 Å². The highest BCUT2D eigenvalue weighted by molar-refractivity contribution is 7.13. The van der Waals surface area contributed by atoms with Gasteiger partial charge in [-0.05, 0) is 25.0 Å². The van der Waals surface area contributed by atoms with E-state index in [1.54, 1.807) is 11.3 Å². The number of aromatic nitrogens is 1. The zero-order valence-electron chi connectivity index (χ0n) is 9.90. The minimum absolute atomic E-state index is 0.875. The highest BCUT2D eigenvalue weighted by Gasteiger charge is 1.96. The molecule has 1 aromatic carbocycles. The molecule has 0 saturated heterocycles. The monoisotopic (exact) mass is 245 g/mol. The summed E-state index contributed by atoms with van der Waals surface area (Å²) < 4.78 is 0. The van der Waals surface area contributed by atoms with E-state index in [9.17, 15) is 0 Å². The number of thiazole rings is 1. The van der Waals surface area contributed by atoms with E-state index in [0.717, 1.165) is 10.8 Å². The predicted molar refractivity (Wildman–Crippen MR) is 73.7 cm³/mol. The van der Waals surface area contributed by atoms with Crippen molar-refractivity contribution in [3.8, 4) is 0 Å². The molecule has 88 valence electrons. The van der Waals surface area contributed by atoms with Crippen LogP contribution in [-0.2, 0) is 0 Å². The first-order valence-electron chi connectivity index (χ1n) is 5.41. The molecule has 1 aromatic heterocycles. The van der Waals surface area contributed by atoms with Crippen LogP contribution < -0.4 is 10.9 Å². The van der Waals surface area contributed by atoms with Crippen molar-refractivity contribution in [2.45, 2.75) is 13.8 Å². The normalized spacial score (nSPS) is 11.3. The van der Waals surface area contributed by atoms with E-state index in [4.69, 9.17) is 0 Å². The van der Waals surface area contributed by atoms with Gasteiger partial charge >= 0.3 is 0 Å². The quantitative estimate of drug-likeness (QED) is 0.810. The Morgan fingerprint density at radius 3 is 2.71 bits per heavy atom. The second kappa shape index (κ2) is 5.50. The van der Waals surface area contributed by atoms with Crippen LogP contribution in [0.15, 0.2) is 41.9 Å². The van der Waals surface area contributed by atoms with E-state index in [1.807, 2.05) is 36.7 Å². The molecule has 2 N–H and O–H groups in total. The number of allylic oxidation sites excluding steroid dienone is 1. The lowest BCUT2D eigenvalue weighted by Crippen LogP contribution is -2.14. The van der Waals surface area contributed by atoms with Crippen molar-refractivity contribution in [1.29, 1.82) is 0 Å². The third-order valence-electron chi connectivity index (χ3n) is 2.32. The van der Waals surface area contributed by atoms with Crippen molar-refractivity contribution in [3.05, 3.63) is 53.2 Å². The highest BCUT2D eigenvalue weighted by Crippen LogP contribution is 2.14. The zero-order chi connectivity index (χ0) is 12.1. The fourth-order valence-electron chi connectivity index (χ4n) is 1.40. The summed E-state index contributed by atoms with van der Waals surface area (Å²) in [5.41, 5.74) is 9.51. The van der Waals surface area contributed by atoms with Gasteiger partial charge < -0.3 is 5.43 Å². The molecule has 1 heterocycles. The van der Waals surface area contributed by atoms with Crippen LogP contribution in [0.2, 0.25) is 0 Å². The Morgan fingerprint density at radius 1 is 1.29 bits per heavy atom. The molecule has 0 bridgehead atoms. The molecule has 2 aromatic rings. The van der Waals surface area contributed by atoms with Gasteiger partial charge in [0.15, 0.2) is 0 Å². The Morgan fingerprint density at radius 2 is 2.06 bits per heavy atom. The van der Waals surface area contributed by atoms with Crippen molar-refractivity contribution in [1.82, 2.24) is 10.4 Å². The molecule has 17 heavy (non-hydrogen) atoms. The minimum atomic E-state index is 0.875. The zero-order valence-corrected chi connectivity index (χ0v) is 10.7. The number of benzene rings is 1. The number of hydrazine groups is 1. The summed E-state index contributed by atoms with van der Waals surface area (Å²) in [6.07, 6.45) is 1.94. The molecule has 0 amide bonds. The number of rotatable bonds is 4. The summed E-state index contributed by atoms with van der Waals surface area (Å²) in [7, 11) is 0. The Balaban J connectivity index is 1.93. The number of hydrogen-bond acceptors (Lipinski definition) is 4. The van der Waals surface area contributed by atoms with E-state index in [0.29, 0.717) is 0 Å². The maximum Gasteiger partial charge on any atom is 0.201 e. The molecule has 0 aliphatic carbocycles. The molecule has 0 atom stereocenters. The Hall–Kier alpha value is -1.81. The lowest BCUT2D eigenvalue weighted by atomic mass is 10.1. The summed E-state index contributed by atoms with van der Waals surface area (Å²) in [5, 5.41) is 2.89. The molecule has 0 aliphatic heterocycles. The Labute approximate surface area is 105 Å². The van der Waals surface area contributed by atoms with E-state index in [-0.39, 0.29) is 0 Å². The highest BCUT2D eigenvalue weighted by atomic mass is 32.1. The Bertz CT molecular complexity index is 502. The largest absolute Gasteiger partial charge is 0.306 e. The van der Waals surface area contributed by atoms with Crippen LogP contribution in [0, 0.1) is 6.92 Å². The third-order valence-corrected chi connectivity index (χ3v) is 3.19. The molecule has 2 rings (SSSR count). The van der Waals surface area contributed by atoms with Crippen LogP contribution in [0.4, 0.5) is 5.13 Å². The molecule has 0 unspecified atom stereocenters. The molecule has 0 aliphatic rings. The van der Waals surface area contributed by atoms with Gasteiger partial charge in [-0.3, -0.25) is 5.43 Å². The van der Waals surface area contributed by atoms with Crippen LogP contribution in [0.3, 0.4) is 0 Å². The average Bonchev–Trinajstić information content (AvgIpc) is 2.76. The number of nitrogens with zero attached hydrogens (tertiary/aromatic N) is 1. The van der Waals surface area contributed by atoms with E-state index < -0.39 is 0 Å². The van der Waals surface area contributed by atoms with Gasteiger partial charge in [0.05, 0.1) is 5.69 Å². The van der Waals surface area contributed by atoms with Gasteiger partial charge in [-0.1, -0.05) is 30.3 Å². The van der Waals surface area contributed by atoms with Crippen LogP contribution in [0.5, 0.6) is 0 Å². The van der Waals surface area contributed by atoms with Crippen molar-refractivity contribution in [2.24, 2.45) is 0 Å². The van der Waals surface area contributed by atoms with E-state index in [1.165, 1.54) is 11.1 Å². The minimum Gasteiger partial charge on any atom is -0.306 e. The summed E-state index contributed by atoms with van der Waals surface area (Å²) in [5.74, 6) is 0. The van der Waals surface area contributed by atoms with E-state index in [2.05, 4.69) is 34.9 Å². The van der Waals surface area contributed by atoms with Crippen molar-refractivity contribution in [3.63, 3.8) is 0 Å². The maximum absolute atomic E-state index is 4.30. The Kier molecular flexibility index (Phi) is 3.77. The van der Waals surface area contributed by atoms with Gasteiger partial charge in [0.1, 0.15) is 0 Å². The first-order chi connectivity index (χ1) is 8.25. The van der Waals surface area contributed by atoms with Crippen LogP contribution in [0.25, 0.3) is 5.57 Å². The second-order valence-electron chi connectivity index (χ2n) is 3.76. The fraction of sp³-hybridized carbons (Fsp3) is 0.154. The first kappa shape index (κ1) is 11.7. The molecule has 0 spiro atoms. The predicted octanol–water partition coefficient (Wildman–Crippen LogP) is 3.43. The first-order valence-corrected chi connectivity index (χ1v) is 6.29. The molecular weight excluding hydrogens is 230 g/mol. The molecule has 0 fully saturated rings. The van der Waals surface area contributed by atoms with Gasteiger partial charge in [0, 0.05) is 11.6 Å².